The molecule has 2 fully saturated rings. The Bertz CT molecular complexity index is 254. The van der Waals surface area contributed by atoms with Crippen molar-refractivity contribution < 1.29 is 24.1 Å². The number of hydrogen-bond acceptors (Lipinski definition) is 5. The Morgan fingerprint density at radius 2 is 2.14 bits per heavy atom. The van der Waals surface area contributed by atoms with Gasteiger partial charge >= 0.3 is 5.97 Å². The van der Waals surface area contributed by atoms with Crippen LogP contribution in [0.2, 0.25) is 0 Å². The normalized spacial score (nSPS) is 46.5. The van der Waals surface area contributed by atoms with Crippen molar-refractivity contribution in [1.82, 2.24) is 0 Å². The van der Waals surface area contributed by atoms with Crippen molar-refractivity contribution in [3.63, 3.8) is 0 Å². The molecule has 2 bridgehead atoms. The van der Waals surface area contributed by atoms with E-state index in [1.54, 1.807) is 7.11 Å². The Kier molecular flexibility index (Phi) is 2.25. The minimum atomic E-state index is -1.36. The van der Waals surface area contributed by atoms with Crippen molar-refractivity contribution in [2.75, 3.05) is 14.2 Å². The molecular weight excluding hydrogens is 188 g/mol. The van der Waals surface area contributed by atoms with Crippen molar-refractivity contribution in [1.29, 1.82) is 0 Å². The zero-order valence-corrected chi connectivity index (χ0v) is 8.23. The van der Waals surface area contributed by atoms with Crippen LogP contribution in [0, 0.1) is 0 Å². The summed E-state index contributed by atoms with van der Waals surface area (Å²) in [6, 6.07) is 0. The predicted octanol–water partition coefficient (Wildman–Crippen LogP) is -0.533. The van der Waals surface area contributed by atoms with Gasteiger partial charge in [-0.05, 0) is 0 Å². The smallest absolute Gasteiger partial charge is 0.338 e. The highest BCUT2D eigenvalue weighted by molar-refractivity contribution is 5.82. The second kappa shape index (κ2) is 3.18. The van der Waals surface area contributed by atoms with Gasteiger partial charge in [0.15, 0.2) is 5.60 Å². The average Bonchev–Trinajstić information content (AvgIpc) is 2.38. The highest BCUT2D eigenvalue weighted by atomic mass is 16.6. The van der Waals surface area contributed by atoms with Gasteiger partial charge in [0.25, 0.3) is 0 Å². The molecule has 0 aromatic carbocycles. The maximum Gasteiger partial charge on any atom is 0.338 e. The predicted molar refractivity (Wildman–Crippen MR) is 45.7 cm³/mol. The SMILES string of the molecule is COC1CC2(O)C[C@@H](OC2=O)C1OC. The highest BCUT2D eigenvalue weighted by Crippen LogP contribution is 2.40. The minimum absolute atomic E-state index is 0.247. The number of carbonyl (C=O) groups is 1. The molecule has 14 heavy (non-hydrogen) atoms. The van der Waals surface area contributed by atoms with Crippen LogP contribution < -0.4 is 0 Å². The molecule has 1 heterocycles. The number of esters is 1. The first-order valence-corrected chi connectivity index (χ1v) is 4.60. The molecule has 0 radical (unpaired) electrons. The molecule has 4 atom stereocenters. The average molecular weight is 202 g/mol. The van der Waals surface area contributed by atoms with Crippen LogP contribution in [-0.4, -0.2) is 49.2 Å². The van der Waals surface area contributed by atoms with Gasteiger partial charge in [-0.2, -0.15) is 0 Å². The van der Waals surface area contributed by atoms with Crippen LogP contribution in [0.4, 0.5) is 0 Å². The molecule has 0 amide bonds. The molecule has 3 unspecified atom stereocenters. The van der Waals surface area contributed by atoms with Gasteiger partial charge in [-0.25, -0.2) is 4.79 Å². The van der Waals surface area contributed by atoms with E-state index in [0.717, 1.165) is 0 Å². The Balaban J connectivity index is 2.23. The number of rotatable bonds is 2. The Hall–Kier alpha value is -0.650. The van der Waals surface area contributed by atoms with Crippen molar-refractivity contribution in [2.45, 2.75) is 36.8 Å². The fraction of sp³-hybridized carbons (Fsp3) is 0.889. The third kappa shape index (κ3) is 1.24. The third-order valence-electron chi connectivity index (χ3n) is 3.02. The van der Waals surface area contributed by atoms with E-state index in [0.29, 0.717) is 6.42 Å². The van der Waals surface area contributed by atoms with Crippen molar-refractivity contribution >= 4 is 5.97 Å². The molecule has 0 aromatic heterocycles. The maximum absolute atomic E-state index is 11.3. The summed E-state index contributed by atoms with van der Waals surface area (Å²) >= 11 is 0. The highest BCUT2D eigenvalue weighted by Gasteiger charge is 2.58. The summed E-state index contributed by atoms with van der Waals surface area (Å²) in [5.74, 6) is -0.552. The second-order valence-corrected chi connectivity index (χ2v) is 3.86. The number of aliphatic hydroxyl groups is 1. The molecule has 1 aliphatic carbocycles. The Morgan fingerprint density at radius 3 is 2.71 bits per heavy atom. The molecule has 2 rings (SSSR count). The van der Waals surface area contributed by atoms with E-state index >= 15 is 0 Å². The van der Waals surface area contributed by atoms with Gasteiger partial charge in [-0.1, -0.05) is 0 Å². The topological polar surface area (TPSA) is 65.0 Å². The molecule has 80 valence electrons. The summed E-state index contributed by atoms with van der Waals surface area (Å²) in [4.78, 5) is 11.3. The van der Waals surface area contributed by atoms with E-state index in [1.165, 1.54) is 7.11 Å². The maximum atomic E-state index is 11.3. The molecule has 1 N–H and O–H groups in total. The lowest BCUT2D eigenvalue weighted by Gasteiger charge is -2.34. The molecule has 1 saturated carbocycles. The van der Waals surface area contributed by atoms with Gasteiger partial charge < -0.3 is 19.3 Å². The molecule has 0 aromatic rings. The Labute approximate surface area is 81.9 Å². The lowest BCUT2D eigenvalue weighted by molar-refractivity contribution is -0.154. The number of carbonyl (C=O) groups excluding carboxylic acids is 1. The first-order chi connectivity index (χ1) is 6.60. The van der Waals surface area contributed by atoms with Crippen LogP contribution in [0.25, 0.3) is 0 Å². The van der Waals surface area contributed by atoms with Crippen LogP contribution in [0.1, 0.15) is 12.8 Å². The quantitative estimate of drug-likeness (QED) is 0.610. The minimum Gasteiger partial charge on any atom is -0.457 e. The lowest BCUT2D eigenvalue weighted by Crippen LogP contribution is -2.50. The Morgan fingerprint density at radius 1 is 1.43 bits per heavy atom. The number of methoxy groups -OCH3 is 2. The van der Waals surface area contributed by atoms with Crippen LogP contribution in [0.3, 0.4) is 0 Å². The zero-order valence-electron chi connectivity index (χ0n) is 8.23. The van der Waals surface area contributed by atoms with Crippen LogP contribution in [0.15, 0.2) is 0 Å². The van der Waals surface area contributed by atoms with E-state index in [1.807, 2.05) is 0 Å². The lowest BCUT2D eigenvalue weighted by atomic mass is 9.82. The summed E-state index contributed by atoms with van der Waals surface area (Å²) in [7, 11) is 3.09. The summed E-state index contributed by atoms with van der Waals surface area (Å²) in [6.45, 7) is 0. The van der Waals surface area contributed by atoms with Gasteiger partial charge in [-0.3, -0.25) is 0 Å². The number of fused-ring (bicyclic) bond motifs is 2. The van der Waals surface area contributed by atoms with E-state index in [-0.39, 0.29) is 24.7 Å². The van der Waals surface area contributed by atoms with Gasteiger partial charge in [0, 0.05) is 27.1 Å². The van der Waals surface area contributed by atoms with Gasteiger partial charge in [0.2, 0.25) is 0 Å². The second-order valence-electron chi connectivity index (χ2n) is 3.86. The molecule has 5 heteroatoms. The first kappa shape index (κ1) is 9.89. The largest absolute Gasteiger partial charge is 0.457 e. The first-order valence-electron chi connectivity index (χ1n) is 4.60. The van der Waals surface area contributed by atoms with Crippen molar-refractivity contribution in [3.8, 4) is 0 Å². The van der Waals surface area contributed by atoms with E-state index in [2.05, 4.69) is 0 Å². The van der Waals surface area contributed by atoms with Crippen molar-refractivity contribution in [3.05, 3.63) is 0 Å². The third-order valence-corrected chi connectivity index (χ3v) is 3.02. The van der Waals surface area contributed by atoms with Gasteiger partial charge in [0.05, 0.1) is 6.10 Å². The summed E-state index contributed by atoms with van der Waals surface area (Å²) < 4.78 is 15.4. The molecule has 5 nitrogen and oxygen atoms in total. The molecule has 1 saturated heterocycles. The number of ether oxygens (including phenoxy) is 3. The monoisotopic (exact) mass is 202 g/mol. The van der Waals surface area contributed by atoms with E-state index in [9.17, 15) is 9.90 Å². The van der Waals surface area contributed by atoms with Crippen LogP contribution >= 0.6 is 0 Å². The molecule has 1 aliphatic heterocycles. The summed E-state index contributed by atoms with van der Waals surface area (Å²) in [5.41, 5.74) is -1.36. The molecule has 2 aliphatic rings. The number of hydrogen-bond donors (Lipinski definition) is 1. The zero-order chi connectivity index (χ0) is 10.3. The fourth-order valence-electron chi connectivity index (χ4n) is 2.26. The van der Waals surface area contributed by atoms with E-state index in [4.69, 9.17) is 14.2 Å². The standard InChI is InChI=1S/C9H14O5/c1-12-5-3-9(11)4-6(7(5)13-2)14-8(9)10/h5-7,11H,3-4H2,1-2H3/t5?,6-,7?,9?/m1/s1. The van der Waals surface area contributed by atoms with Gasteiger partial charge in [-0.15, -0.1) is 0 Å². The van der Waals surface area contributed by atoms with Crippen LogP contribution in [-0.2, 0) is 19.0 Å². The molecular formula is C9H14O5. The summed E-state index contributed by atoms with van der Waals surface area (Å²) in [5, 5.41) is 9.89. The van der Waals surface area contributed by atoms with Crippen LogP contribution in [0.5, 0.6) is 0 Å². The fourth-order valence-corrected chi connectivity index (χ4v) is 2.26. The van der Waals surface area contributed by atoms with Crippen molar-refractivity contribution in [2.24, 2.45) is 0 Å². The summed E-state index contributed by atoms with van der Waals surface area (Å²) in [6.07, 6.45) is -0.375. The van der Waals surface area contributed by atoms with Gasteiger partial charge in [0.1, 0.15) is 12.2 Å². The van der Waals surface area contributed by atoms with E-state index < -0.39 is 11.6 Å². The molecule has 0 spiro atoms.